The van der Waals surface area contributed by atoms with Gasteiger partial charge in [0.2, 0.25) is 5.91 Å². The molecule has 1 aromatic rings. The molecule has 6 heteroatoms. The summed E-state index contributed by atoms with van der Waals surface area (Å²) in [6.45, 7) is 7.21. The van der Waals surface area contributed by atoms with Crippen LogP contribution in [0.5, 0.6) is 0 Å². The predicted octanol–water partition coefficient (Wildman–Crippen LogP) is 4.15. The van der Waals surface area contributed by atoms with E-state index in [1.165, 1.54) is 0 Å². The van der Waals surface area contributed by atoms with Gasteiger partial charge in [0.25, 0.3) is 13.2 Å². The maximum Gasteiger partial charge on any atom is 0.293 e. The molecule has 0 radical (unpaired) electrons. The van der Waals surface area contributed by atoms with Gasteiger partial charge < -0.3 is 10.1 Å². The van der Waals surface area contributed by atoms with Crippen molar-refractivity contribution in [3.8, 4) is 5.97 Å². The van der Waals surface area contributed by atoms with Crippen LogP contribution in [0.3, 0.4) is 0 Å². The van der Waals surface area contributed by atoms with Crippen LogP contribution in [0.4, 0.5) is 0 Å². The number of nitriles is 1. The molecule has 3 atom stereocenters. The highest BCUT2D eigenvalue weighted by molar-refractivity contribution is 6.70. The molecule has 3 unspecified atom stereocenters. The first-order valence-corrected chi connectivity index (χ1v) is 9.79. The van der Waals surface area contributed by atoms with E-state index in [1.54, 1.807) is 0 Å². The number of carbonyl (C=O) groups is 2. The first kappa shape index (κ1) is 22.8. The Balaban J connectivity index is 0.000000309. The van der Waals surface area contributed by atoms with Crippen molar-refractivity contribution in [2.45, 2.75) is 77.2 Å². The van der Waals surface area contributed by atoms with Crippen LogP contribution in [-0.2, 0) is 20.9 Å². The van der Waals surface area contributed by atoms with Crippen molar-refractivity contribution >= 4 is 19.1 Å². The van der Waals surface area contributed by atoms with Crippen LogP contribution in [0.25, 0.3) is 0 Å². The maximum absolute atomic E-state index is 11.5. The zero-order valence-electron chi connectivity index (χ0n) is 16.7. The molecule has 1 heterocycles. The zero-order chi connectivity index (χ0) is 20.1. The number of hydrogen-bond acceptors (Lipinski definition) is 4. The summed E-state index contributed by atoms with van der Waals surface area (Å²) in [7, 11) is 0. The summed E-state index contributed by atoms with van der Waals surface area (Å²) in [6, 6.07) is 9.74. The Hall–Kier alpha value is -2.29. The van der Waals surface area contributed by atoms with Gasteiger partial charge in [-0.1, -0.05) is 62.8 Å². The number of hydrogen-bond donors (Lipinski definition) is 1. The summed E-state index contributed by atoms with van der Waals surface area (Å²) >= 11 is 0. The average Bonchev–Trinajstić information content (AvgIpc) is 3.00. The van der Waals surface area contributed by atoms with Gasteiger partial charge >= 0.3 is 0 Å². The minimum Gasteiger partial charge on any atom is -0.463 e. The van der Waals surface area contributed by atoms with Crippen molar-refractivity contribution in [2.75, 3.05) is 0 Å². The third-order valence-corrected chi connectivity index (χ3v) is 4.96. The Bertz CT molecular complexity index is 603. The summed E-state index contributed by atoms with van der Waals surface area (Å²) in [5.74, 6) is 3.56. The quantitative estimate of drug-likeness (QED) is 0.551. The molecule has 1 amide bonds. The van der Waals surface area contributed by atoms with E-state index in [4.69, 9.17) is 5.26 Å². The Labute approximate surface area is 163 Å². The smallest absolute Gasteiger partial charge is 0.293 e. The Kier molecular flexibility index (Phi) is 10.9. The molecule has 0 saturated carbocycles. The largest absolute Gasteiger partial charge is 0.463 e. The normalized spacial score (nSPS) is 19.3. The number of nitrogens with one attached hydrogen (secondary N) is 1. The standard InChI is InChI=1S/C13H23BN2O.C8H8O2/c1-4-5-13(17)16-11(3)8-12-7-6-10(2)14(12)9-15;9-7-10-6-8-4-2-1-3-5-8/h10-12H,4-8H2,1-3H3,(H,16,17);1-5,7H,6H2. The molecule has 1 saturated heterocycles. The molecule has 5 nitrogen and oxygen atoms in total. The van der Waals surface area contributed by atoms with E-state index in [2.05, 4.69) is 22.9 Å². The van der Waals surface area contributed by atoms with Gasteiger partial charge in [-0.2, -0.15) is 0 Å². The first-order chi connectivity index (χ1) is 13.0. The second-order valence-electron chi connectivity index (χ2n) is 7.32. The molecule has 1 fully saturated rings. The fourth-order valence-corrected chi connectivity index (χ4v) is 3.59. The fourth-order valence-electron chi connectivity index (χ4n) is 3.59. The molecule has 1 N–H and O–H groups in total. The monoisotopic (exact) mass is 370 g/mol. The van der Waals surface area contributed by atoms with Crippen LogP contribution in [0.15, 0.2) is 30.3 Å². The SMILES string of the molecule is CCCC(=O)NC(C)CC1CCC(C)B1C#N.O=COCc1ccccc1. The van der Waals surface area contributed by atoms with Crippen LogP contribution in [-0.4, -0.2) is 25.1 Å². The van der Waals surface area contributed by atoms with E-state index in [0.29, 0.717) is 31.1 Å². The number of nitrogens with zero attached hydrogens (tertiary/aromatic N) is 1. The molecule has 1 aliphatic heterocycles. The van der Waals surface area contributed by atoms with Crippen LogP contribution in [0.2, 0.25) is 11.6 Å². The number of amides is 1. The van der Waals surface area contributed by atoms with Crippen molar-refractivity contribution in [2.24, 2.45) is 0 Å². The van der Waals surface area contributed by atoms with E-state index in [-0.39, 0.29) is 18.7 Å². The van der Waals surface area contributed by atoms with Crippen molar-refractivity contribution in [3.63, 3.8) is 0 Å². The van der Waals surface area contributed by atoms with E-state index >= 15 is 0 Å². The molecule has 0 aromatic heterocycles. The second kappa shape index (κ2) is 13.0. The van der Waals surface area contributed by atoms with Crippen LogP contribution in [0, 0.1) is 11.2 Å². The summed E-state index contributed by atoms with van der Waals surface area (Å²) in [6.07, 6.45) is 4.72. The summed E-state index contributed by atoms with van der Waals surface area (Å²) in [5, 5.41) is 12.2. The lowest BCUT2D eigenvalue weighted by Crippen LogP contribution is -2.34. The van der Waals surface area contributed by atoms with Crippen LogP contribution in [0.1, 0.15) is 58.4 Å². The lowest BCUT2D eigenvalue weighted by atomic mass is 9.38. The summed E-state index contributed by atoms with van der Waals surface area (Å²) in [4.78, 5) is 21.2. The molecule has 1 aromatic carbocycles. The summed E-state index contributed by atoms with van der Waals surface area (Å²) < 4.78 is 4.54. The van der Waals surface area contributed by atoms with E-state index in [1.807, 2.05) is 44.2 Å². The van der Waals surface area contributed by atoms with Crippen molar-refractivity contribution in [1.82, 2.24) is 5.32 Å². The maximum atomic E-state index is 11.5. The van der Waals surface area contributed by atoms with Gasteiger partial charge in [-0.15, -0.1) is 0 Å². The third-order valence-electron chi connectivity index (χ3n) is 4.96. The molecule has 27 heavy (non-hydrogen) atoms. The van der Waals surface area contributed by atoms with Gasteiger partial charge in [-0.25, -0.2) is 5.26 Å². The van der Waals surface area contributed by atoms with Crippen LogP contribution < -0.4 is 5.32 Å². The minimum atomic E-state index is 0.138. The van der Waals surface area contributed by atoms with E-state index in [9.17, 15) is 9.59 Å². The highest BCUT2D eigenvalue weighted by atomic mass is 16.5. The molecule has 0 aliphatic carbocycles. The number of rotatable bonds is 8. The Morgan fingerprint density at radius 3 is 2.70 bits per heavy atom. The molecule has 1 aliphatic rings. The van der Waals surface area contributed by atoms with E-state index in [0.717, 1.165) is 31.2 Å². The lowest BCUT2D eigenvalue weighted by Gasteiger charge is -2.19. The topological polar surface area (TPSA) is 79.2 Å². The lowest BCUT2D eigenvalue weighted by molar-refractivity contribution is -0.129. The van der Waals surface area contributed by atoms with Gasteiger partial charge in [-0.05, 0) is 31.1 Å². The number of carbonyl (C=O) groups excluding carboxylic acids is 2. The minimum absolute atomic E-state index is 0.138. The highest BCUT2D eigenvalue weighted by Crippen LogP contribution is 2.40. The van der Waals surface area contributed by atoms with Crippen molar-refractivity contribution < 1.29 is 14.3 Å². The zero-order valence-corrected chi connectivity index (χ0v) is 16.7. The Morgan fingerprint density at radius 2 is 2.11 bits per heavy atom. The number of ether oxygens (including phenoxy) is 1. The fraction of sp³-hybridized carbons (Fsp3) is 0.571. The van der Waals surface area contributed by atoms with Crippen LogP contribution >= 0.6 is 0 Å². The molecular formula is C21H31BN2O3. The van der Waals surface area contributed by atoms with Crippen molar-refractivity contribution in [3.05, 3.63) is 35.9 Å². The summed E-state index contributed by atoms with van der Waals surface area (Å²) in [5.41, 5.74) is 1.01. The Morgan fingerprint density at radius 1 is 1.41 bits per heavy atom. The molecule has 2 rings (SSSR count). The van der Waals surface area contributed by atoms with Gasteiger partial charge in [-0.3, -0.25) is 9.59 Å². The molecule has 0 spiro atoms. The van der Waals surface area contributed by atoms with E-state index < -0.39 is 0 Å². The van der Waals surface area contributed by atoms with Gasteiger partial charge in [0, 0.05) is 18.4 Å². The van der Waals surface area contributed by atoms with Gasteiger partial charge in [0.15, 0.2) is 0 Å². The van der Waals surface area contributed by atoms with Crippen molar-refractivity contribution in [1.29, 1.82) is 5.26 Å². The second-order valence-corrected chi connectivity index (χ2v) is 7.32. The van der Waals surface area contributed by atoms with Gasteiger partial charge in [0.05, 0.1) is 0 Å². The van der Waals surface area contributed by atoms with Gasteiger partial charge in [0.1, 0.15) is 6.61 Å². The predicted molar refractivity (Wildman–Crippen MR) is 108 cm³/mol. The first-order valence-electron chi connectivity index (χ1n) is 9.79. The molecule has 146 valence electrons. The number of benzene rings is 1. The molecule has 0 bridgehead atoms. The average molecular weight is 370 g/mol. The highest BCUT2D eigenvalue weighted by Gasteiger charge is 2.38. The molecular weight excluding hydrogens is 339 g/mol. The third kappa shape index (κ3) is 8.77.